The number of rotatable bonds is 2. The maximum Gasteiger partial charge on any atom is 0.255 e. The van der Waals surface area contributed by atoms with Gasteiger partial charge in [-0.1, -0.05) is 17.7 Å². The molecule has 0 unspecified atom stereocenters. The summed E-state index contributed by atoms with van der Waals surface area (Å²) in [6.45, 7) is 2.30. The highest BCUT2D eigenvalue weighted by atomic mass is 35.5. The fourth-order valence-corrected chi connectivity index (χ4v) is 2.75. The van der Waals surface area contributed by atoms with Crippen molar-refractivity contribution < 1.29 is 0 Å². The van der Waals surface area contributed by atoms with Crippen molar-refractivity contribution in [1.29, 1.82) is 0 Å². The number of halogens is 1. The van der Waals surface area contributed by atoms with Crippen molar-refractivity contribution in [2.24, 2.45) is 0 Å². The van der Waals surface area contributed by atoms with Crippen molar-refractivity contribution in [1.82, 2.24) is 19.9 Å². The van der Waals surface area contributed by atoms with E-state index in [1.54, 1.807) is 12.3 Å². The Balaban J connectivity index is 1.80. The van der Waals surface area contributed by atoms with Crippen LogP contribution in [0.25, 0.3) is 0 Å². The summed E-state index contributed by atoms with van der Waals surface area (Å²) in [6, 6.07) is 3.75. The monoisotopic (exact) mass is 308 g/mol. The SMILES string of the molecule is O=c1[nH]c(=S)[nH]c2c1CCN(Cc1ccc(Cl)nc1)C2. The number of nitrogens with one attached hydrogen (secondary N) is 2. The molecule has 20 heavy (non-hydrogen) atoms. The number of hydrogen-bond donors (Lipinski definition) is 2. The van der Waals surface area contributed by atoms with Crippen LogP contribution in [0.2, 0.25) is 5.15 Å². The smallest absolute Gasteiger partial charge is 0.255 e. The van der Waals surface area contributed by atoms with Crippen LogP contribution in [-0.4, -0.2) is 26.4 Å². The Labute approximate surface area is 125 Å². The standard InChI is InChI=1S/C13H13ClN4OS/c14-11-2-1-8(5-15-11)6-18-4-3-9-10(7-18)16-13(20)17-12(9)19/h1-2,5H,3-4,6-7H2,(H2,16,17,19,20). The molecule has 0 aliphatic carbocycles. The molecule has 0 fully saturated rings. The van der Waals surface area contributed by atoms with E-state index in [0.717, 1.165) is 36.3 Å². The van der Waals surface area contributed by atoms with Crippen molar-refractivity contribution >= 4 is 23.8 Å². The van der Waals surface area contributed by atoms with E-state index in [2.05, 4.69) is 19.9 Å². The highest BCUT2D eigenvalue weighted by molar-refractivity contribution is 7.71. The number of pyridine rings is 1. The van der Waals surface area contributed by atoms with Crippen LogP contribution in [-0.2, 0) is 19.5 Å². The Bertz CT molecular complexity index is 737. The summed E-state index contributed by atoms with van der Waals surface area (Å²) >= 11 is 10.8. The van der Waals surface area contributed by atoms with Gasteiger partial charge < -0.3 is 4.98 Å². The third-order valence-corrected chi connectivity index (χ3v) is 3.81. The van der Waals surface area contributed by atoms with Gasteiger partial charge in [-0.3, -0.25) is 14.7 Å². The van der Waals surface area contributed by atoms with E-state index < -0.39 is 0 Å². The lowest BCUT2D eigenvalue weighted by atomic mass is 10.1. The number of hydrogen-bond acceptors (Lipinski definition) is 4. The van der Waals surface area contributed by atoms with Gasteiger partial charge >= 0.3 is 0 Å². The van der Waals surface area contributed by atoms with E-state index in [9.17, 15) is 4.79 Å². The van der Waals surface area contributed by atoms with Crippen LogP contribution < -0.4 is 5.56 Å². The van der Waals surface area contributed by atoms with Crippen molar-refractivity contribution in [2.45, 2.75) is 19.5 Å². The molecule has 0 amide bonds. The number of H-pyrrole nitrogens is 2. The molecular formula is C13H13ClN4OS. The van der Waals surface area contributed by atoms with E-state index in [0.29, 0.717) is 16.5 Å². The number of nitrogens with zero attached hydrogens (tertiary/aromatic N) is 2. The van der Waals surface area contributed by atoms with Crippen LogP contribution in [0.3, 0.4) is 0 Å². The predicted octanol–water partition coefficient (Wildman–Crippen LogP) is 2.04. The molecule has 2 aromatic heterocycles. The van der Waals surface area contributed by atoms with Gasteiger partial charge in [0.1, 0.15) is 5.15 Å². The zero-order chi connectivity index (χ0) is 14.1. The Morgan fingerprint density at radius 1 is 1.40 bits per heavy atom. The molecule has 2 aromatic rings. The lowest BCUT2D eigenvalue weighted by molar-refractivity contribution is 0.240. The number of aromatic amines is 2. The van der Waals surface area contributed by atoms with E-state index in [4.69, 9.17) is 23.8 Å². The summed E-state index contributed by atoms with van der Waals surface area (Å²) < 4.78 is 0.378. The van der Waals surface area contributed by atoms with Gasteiger partial charge in [-0.15, -0.1) is 0 Å². The molecule has 0 spiro atoms. The summed E-state index contributed by atoms with van der Waals surface area (Å²) in [5.74, 6) is 0. The largest absolute Gasteiger partial charge is 0.334 e. The average molecular weight is 309 g/mol. The zero-order valence-corrected chi connectivity index (χ0v) is 12.2. The quantitative estimate of drug-likeness (QED) is 0.658. The summed E-state index contributed by atoms with van der Waals surface area (Å²) in [6.07, 6.45) is 2.50. The third-order valence-electron chi connectivity index (χ3n) is 3.38. The fraction of sp³-hybridized carbons (Fsp3) is 0.308. The highest BCUT2D eigenvalue weighted by Gasteiger charge is 2.19. The summed E-state index contributed by atoms with van der Waals surface area (Å²) in [5, 5.41) is 0.494. The lowest BCUT2D eigenvalue weighted by Gasteiger charge is -2.27. The molecule has 0 bridgehead atoms. The van der Waals surface area contributed by atoms with E-state index in [-0.39, 0.29) is 5.56 Å². The summed E-state index contributed by atoms with van der Waals surface area (Å²) in [4.78, 5) is 23.8. The van der Waals surface area contributed by atoms with Crippen LogP contribution in [0, 0.1) is 4.77 Å². The second kappa shape index (κ2) is 5.47. The van der Waals surface area contributed by atoms with Crippen molar-refractivity contribution in [2.75, 3.05) is 6.54 Å². The van der Waals surface area contributed by atoms with Crippen LogP contribution in [0.4, 0.5) is 0 Å². The first-order valence-corrected chi connectivity index (χ1v) is 7.07. The van der Waals surface area contributed by atoms with Crippen LogP contribution >= 0.6 is 23.8 Å². The molecule has 3 heterocycles. The molecule has 0 radical (unpaired) electrons. The van der Waals surface area contributed by atoms with Gasteiger partial charge in [0.05, 0.1) is 0 Å². The molecule has 0 aromatic carbocycles. The molecular weight excluding hydrogens is 296 g/mol. The first-order valence-electron chi connectivity index (χ1n) is 6.29. The molecule has 0 saturated heterocycles. The molecule has 0 atom stereocenters. The van der Waals surface area contributed by atoms with Gasteiger partial charge in [-0.25, -0.2) is 4.98 Å². The van der Waals surface area contributed by atoms with Gasteiger partial charge in [0, 0.05) is 37.1 Å². The predicted molar refractivity (Wildman–Crippen MR) is 79.3 cm³/mol. The number of aromatic nitrogens is 3. The minimum absolute atomic E-state index is 0.0726. The van der Waals surface area contributed by atoms with Crippen molar-refractivity contribution in [3.63, 3.8) is 0 Å². The molecule has 0 saturated carbocycles. The summed E-state index contributed by atoms with van der Waals surface area (Å²) in [5.41, 5.74) is 2.74. The fourth-order valence-electron chi connectivity index (χ4n) is 2.42. The molecule has 7 heteroatoms. The van der Waals surface area contributed by atoms with Gasteiger partial charge in [0.2, 0.25) is 0 Å². The molecule has 2 N–H and O–H groups in total. The first kappa shape index (κ1) is 13.5. The second-order valence-corrected chi connectivity index (χ2v) is 5.61. The van der Waals surface area contributed by atoms with Gasteiger partial charge in [-0.05, 0) is 30.3 Å². The minimum Gasteiger partial charge on any atom is -0.334 e. The Morgan fingerprint density at radius 3 is 3.00 bits per heavy atom. The molecule has 1 aliphatic rings. The van der Waals surface area contributed by atoms with E-state index in [1.807, 2.05) is 6.07 Å². The van der Waals surface area contributed by atoms with Crippen LogP contribution in [0.1, 0.15) is 16.8 Å². The first-order chi connectivity index (χ1) is 9.61. The second-order valence-electron chi connectivity index (χ2n) is 4.82. The van der Waals surface area contributed by atoms with Crippen LogP contribution in [0.5, 0.6) is 0 Å². The Morgan fingerprint density at radius 2 is 2.25 bits per heavy atom. The van der Waals surface area contributed by atoms with Crippen molar-refractivity contribution in [3.05, 3.63) is 55.4 Å². The average Bonchev–Trinajstić information content (AvgIpc) is 2.41. The van der Waals surface area contributed by atoms with Crippen molar-refractivity contribution in [3.8, 4) is 0 Å². The van der Waals surface area contributed by atoms with E-state index in [1.165, 1.54) is 0 Å². The third kappa shape index (κ3) is 2.82. The lowest BCUT2D eigenvalue weighted by Crippen LogP contribution is -2.34. The highest BCUT2D eigenvalue weighted by Crippen LogP contribution is 2.16. The Kier molecular flexibility index (Phi) is 3.69. The van der Waals surface area contributed by atoms with Gasteiger partial charge in [0.15, 0.2) is 4.77 Å². The van der Waals surface area contributed by atoms with E-state index >= 15 is 0 Å². The maximum atomic E-state index is 11.8. The Hall–Kier alpha value is -1.50. The van der Waals surface area contributed by atoms with Gasteiger partial charge in [0.25, 0.3) is 5.56 Å². The summed E-state index contributed by atoms with van der Waals surface area (Å²) in [7, 11) is 0. The molecule has 104 valence electrons. The van der Waals surface area contributed by atoms with Gasteiger partial charge in [-0.2, -0.15) is 0 Å². The normalized spacial score (nSPS) is 15.1. The zero-order valence-electron chi connectivity index (χ0n) is 10.6. The van der Waals surface area contributed by atoms with Crippen LogP contribution in [0.15, 0.2) is 23.1 Å². The topological polar surface area (TPSA) is 64.8 Å². The minimum atomic E-state index is -0.0726. The maximum absolute atomic E-state index is 11.8. The molecule has 5 nitrogen and oxygen atoms in total. The molecule has 1 aliphatic heterocycles. The molecule has 3 rings (SSSR count). The number of fused-ring (bicyclic) bond motifs is 1.